The van der Waals surface area contributed by atoms with Crippen molar-refractivity contribution < 1.29 is 29.3 Å². The fourth-order valence-electron chi connectivity index (χ4n) is 3.56. The van der Waals surface area contributed by atoms with Crippen molar-refractivity contribution in [2.75, 3.05) is 0 Å². The van der Waals surface area contributed by atoms with Crippen molar-refractivity contribution in [1.29, 1.82) is 0 Å². The Bertz CT molecular complexity index is 1340. The minimum atomic E-state index is -0.770. The van der Waals surface area contributed by atoms with E-state index in [1.807, 2.05) is 32.0 Å². The Morgan fingerprint density at radius 3 is 2.26 bits per heavy atom. The number of cyclic esters (lactones) is 1. The highest BCUT2D eigenvalue weighted by atomic mass is 79.9. The Morgan fingerprint density at radius 1 is 1.03 bits per heavy atom. The number of carbonyl (C=O) groups is 2. The number of allylic oxidation sites excluding steroid dienone is 1. The summed E-state index contributed by atoms with van der Waals surface area (Å²) in [6.45, 7) is 4.03. The number of Topliss-reactive ketones (excluding diaryl/α,β-unsaturated/α-hetero) is 1. The summed E-state index contributed by atoms with van der Waals surface area (Å²) in [5.41, 5.74) is 1.71. The van der Waals surface area contributed by atoms with Crippen molar-refractivity contribution in [3.05, 3.63) is 99.2 Å². The Morgan fingerprint density at radius 2 is 1.66 bits per heavy atom. The number of aromatic hydroxyl groups is 2. The summed E-state index contributed by atoms with van der Waals surface area (Å²) in [4.78, 5) is 26.2. The third-order valence-corrected chi connectivity index (χ3v) is 6.19. The van der Waals surface area contributed by atoms with Crippen LogP contribution in [0.5, 0.6) is 17.2 Å². The van der Waals surface area contributed by atoms with Gasteiger partial charge in [0.25, 0.3) is 0 Å². The van der Waals surface area contributed by atoms with Crippen LogP contribution in [0.4, 0.5) is 0 Å². The van der Waals surface area contributed by atoms with E-state index in [0.29, 0.717) is 16.9 Å². The second kappa shape index (κ2) is 10.2. The van der Waals surface area contributed by atoms with E-state index in [4.69, 9.17) is 9.47 Å². The predicted molar refractivity (Wildman–Crippen MR) is 136 cm³/mol. The Kier molecular flexibility index (Phi) is 7.07. The zero-order valence-corrected chi connectivity index (χ0v) is 20.7. The molecule has 7 heteroatoms. The molecule has 0 amide bonds. The summed E-state index contributed by atoms with van der Waals surface area (Å²) < 4.78 is 12.2. The monoisotopic (exact) mass is 534 g/mol. The Hall–Kier alpha value is -3.84. The van der Waals surface area contributed by atoms with E-state index >= 15 is 0 Å². The molecule has 0 saturated heterocycles. The van der Waals surface area contributed by atoms with Gasteiger partial charge in [-0.15, -0.1) is 0 Å². The van der Waals surface area contributed by atoms with Crippen molar-refractivity contribution >= 4 is 39.3 Å². The molecule has 0 aromatic heterocycles. The van der Waals surface area contributed by atoms with E-state index in [9.17, 15) is 19.8 Å². The molecule has 3 aromatic rings. The molecule has 178 valence electrons. The minimum Gasteiger partial charge on any atom is -0.508 e. The number of phenols is 2. The van der Waals surface area contributed by atoms with Crippen molar-refractivity contribution in [1.82, 2.24) is 0 Å². The molecular weight excluding hydrogens is 512 g/mol. The Balaban J connectivity index is 1.80. The number of carbonyl (C=O) groups excluding carboxylic acids is 2. The molecule has 1 aliphatic heterocycles. The lowest BCUT2D eigenvalue weighted by atomic mass is 9.93. The molecule has 1 unspecified atom stereocenters. The molecule has 1 atom stereocenters. The number of rotatable bonds is 7. The summed E-state index contributed by atoms with van der Waals surface area (Å²) in [6, 6.07) is 17.3. The van der Waals surface area contributed by atoms with Crippen LogP contribution in [0, 0.1) is 0 Å². The van der Waals surface area contributed by atoms with E-state index in [1.165, 1.54) is 36.4 Å². The summed E-state index contributed by atoms with van der Waals surface area (Å²) in [7, 11) is 0. The second-order valence-corrected chi connectivity index (χ2v) is 8.95. The summed E-state index contributed by atoms with van der Waals surface area (Å²) in [6.07, 6.45) is 2.60. The summed E-state index contributed by atoms with van der Waals surface area (Å²) in [5.74, 6) is -0.326. The zero-order valence-electron chi connectivity index (χ0n) is 19.1. The smallest absolute Gasteiger partial charge is 0.348 e. The van der Waals surface area contributed by atoms with E-state index < -0.39 is 11.8 Å². The van der Waals surface area contributed by atoms with Crippen LogP contribution in [0.25, 0.3) is 11.6 Å². The van der Waals surface area contributed by atoms with Gasteiger partial charge in [-0.05, 0) is 95.0 Å². The van der Waals surface area contributed by atoms with E-state index in [2.05, 4.69) is 15.9 Å². The highest BCUT2D eigenvalue weighted by molar-refractivity contribution is 9.10. The number of ketones is 1. The number of hydrogen-bond donors (Lipinski definition) is 2. The number of esters is 1. The van der Waals surface area contributed by atoms with Crippen LogP contribution in [-0.2, 0) is 9.53 Å². The van der Waals surface area contributed by atoms with Gasteiger partial charge < -0.3 is 19.7 Å². The van der Waals surface area contributed by atoms with Crippen LogP contribution < -0.4 is 4.74 Å². The first-order chi connectivity index (χ1) is 16.8. The zero-order chi connectivity index (χ0) is 25.1. The molecule has 0 bridgehead atoms. The average molecular weight is 535 g/mol. The number of hydrogen-bond acceptors (Lipinski definition) is 6. The summed E-state index contributed by atoms with van der Waals surface area (Å²) >= 11 is 3.53. The van der Waals surface area contributed by atoms with Crippen molar-refractivity contribution in [3.8, 4) is 17.2 Å². The molecule has 1 aliphatic rings. The second-order valence-electron chi connectivity index (χ2n) is 8.10. The van der Waals surface area contributed by atoms with Crippen LogP contribution in [0.2, 0.25) is 0 Å². The number of benzene rings is 3. The molecule has 6 nitrogen and oxygen atoms in total. The van der Waals surface area contributed by atoms with Gasteiger partial charge in [0.15, 0.2) is 0 Å². The molecule has 0 aliphatic carbocycles. The number of phenolic OH excluding ortho intramolecular Hbond substituents is 2. The lowest BCUT2D eigenvalue weighted by Crippen LogP contribution is -2.11. The summed E-state index contributed by atoms with van der Waals surface area (Å²) in [5, 5.41) is 19.3. The predicted octanol–water partition coefficient (Wildman–Crippen LogP) is 6.27. The molecule has 3 aromatic carbocycles. The highest BCUT2D eigenvalue weighted by Gasteiger charge is 2.36. The van der Waals surface area contributed by atoms with Gasteiger partial charge >= 0.3 is 5.97 Å². The first-order valence-corrected chi connectivity index (χ1v) is 11.8. The fourth-order valence-corrected chi connectivity index (χ4v) is 4.05. The SMILES string of the molecule is CCC(C)Oc1ccc(/C=C2/OC(=O)C(C(=O)c3ccc(O)cc3)=C2c2ccc(O)cc2)cc1Br. The fraction of sp³-hybridized carbons (Fsp3) is 0.143. The van der Waals surface area contributed by atoms with Gasteiger partial charge in [-0.25, -0.2) is 4.79 Å². The molecule has 0 saturated carbocycles. The van der Waals surface area contributed by atoms with Gasteiger partial charge in [0.2, 0.25) is 5.78 Å². The van der Waals surface area contributed by atoms with E-state index in [1.54, 1.807) is 18.2 Å². The third kappa shape index (κ3) is 5.30. The van der Waals surface area contributed by atoms with Gasteiger partial charge in [-0.2, -0.15) is 0 Å². The van der Waals surface area contributed by atoms with Crippen LogP contribution in [0.3, 0.4) is 0 Å². The van der Waals surface area contributed by atoms with Crippen molar-refractivity contribution in [2.24, 2.45) is 0 Å². The first kappa shape index (κ1) is 24.3. The van der Waals surface area contributed by atoms with Gasteiger partial charge in [-0.3, -0.25) is 4.79 Å². The van der Waals surface area contributed by atoms with E-state index in [0.717, 1.165) is 16.5 Å². The molecule has 4 rings (SSSR count). The van der Waals surface area contributed by atoms with Gasteiger partial charge in [0.1, 0.15) is 28.6 Å². The molecule has 35 heavy (non-hydrogen) atoms. The molecular formula is C28H23BrO6. The normalized spacial score (nSPS) is 15.3. The maximum absolute atomic E-state index is 13.3. The lowest BCUT2D eigenvalue weighted by molar-refractivity contribution is -0.132. The van der Waals surface area contributed by atoms with Crippen LogP contribution in [-0.4, -0.2) is 28.1 Å². The van der Waals surface area contributed by atoms with E-state index in [-0.39, 0.29) is 34.5 Å². The first-order valence-electron chi connectivity index (χ1n) is 11.0. The van der Waals surface area contributed by atoms with Gasteiger partial charge in [-0.1, -0.05) is 25.1 Å². The van der Waals surface area contributed by atoms with Crippen LogP contribution >= 0.6 is 15.9 Å². The largest absolute Gasteiger partial charge is 0.508 e. The maximum Gasteiger partial charge on any atom is 0.348 e. The van der Waals surface area contributed by atoms with Crippen LogP contribution in [0.1, 0.15) is 41.8 Å². The topological polar surface area (TPSA) is 93.1 Å². The van der Waals surface area contributed by atoms with Crippen LogP contribution in [0.15, 0.2) is 82.5 Å². The number of halogens is 1. The molecule has 1 heterocycles. The quantitative estimate of drug-likeness (QED) is 0.210. The Labute approximate surface area is 211 Å². The standard InChI is InChI=1S/C28H23BrO6/c1-3-16(2)34-23-13-4-17(14-22(23)29)15-24-25(18-5-9-20(30)10-6-18)26(28(33)35-24)27(32)19-7-11-21(31)12-8-19/h4-16,30-31H,3H2,1-2H3/b24-15+. The molecule has 0 radical (unpaired) electrons. The molecule has 0 spiro atoms. The average Bonchev–Trinajstić information content (AvgIpc) is 3.16. The maximum atomic E-state index is 13.3. The third-order valence-electron chi connectivity index (χ3n) is 5.57. The van der Waals surface area contributed by atoms with Gasteiger partial charge in [0, 0.05) is 11.1 Å². The van der Waals surface area contributed by atoms with Gasteiger partial charge in [0.05, 0.1) is 10.6 Å². The number of ether oxygens (including phenoxy) is 2. The van der Waals surface area contributed by atoms with Crippen molar-refractivity contribution in [2.45, 2.75) is 26.4 Å². The highest BCUT2D eigenvalue weighted by Crippen LogP contribution is 2.38. The minimum absolute atomic E-state index is 0.00945. The van der Waals surface area contributed by atoms with Crippen molar-refractivity contribution in [3.63, 3.8) is 0 Å². The molecule has 0 fully saturated rings. The lowest BCUT2D eigenvalue weighted by Gasteiger charge is -2.14. The molecule has 2 N–H and O–H groups in total.